The Bertz CT molecular complexity index is 1350. The average Bonchev–Trinajstić information content (AvgIpc) is 3.42. The molecule has 34 heavy (non-hydrogen) atoms. The number of anilines is 1. The van der Waals surface area contributed by atoms with E-state index in [4.69, 9.17) is 4.74 Å². The van der Waals surface area contributed by atoms with E-state index < -0.39 is 12.1 Å². The first kappa shape index (κ1) is 21.4. The normalized spacial score (nSPS) is 12.1. The molecule has 0 spiro atoms. The molecule has 1 heterocycles. The van der Waals surface area contributed by atoms with Gasteiger partial charge in [-0.3, -0.25) is 5.32 Å². The van der Waals surface area contributed by atoms with Crippen LogP contribution < -0.4 is 5.32 Å². The number of hydrogen-bond donors (Lipinski definition) is 2. The van der Waals surface area contributed by atoms with Crippen LogP contribution in [0.25, 0.3) is 16.8 Å². The molecule has 5 rings (SSSR count). The summed E-state index contributed by atoms with van der Waals surface area (Å²) in [5.41, 5.74) is 6.11. The molecule has 0 saturated heterocycles. The average molecular weight is 454 g/mol. The van der Waals surface area contributed by atoms with E-state index in [2.05, 4.69) is 39.9 Å². The summed E-state index contributed by atoms with van der Waals surface area (Å²) in [6.45, 7) is 2.05. The second-order valence-corrected chi connectivity index (χ2v) is 7.96. The highest BCUT2D eigenvalue weighted by atomic mass is 16.5. The van der Waals surface area contributed by atoms with Gasteiger partial charge in [-0.05, 0) is 46.9 Å². The van der Waals surface area contributed by atoms with Crippen LogP contribution >= 0.6 is 0 Å². The molecule has 0 radical (unpaired) electrons. The Hall–Kier alpha value is -4.46. The van der Waals surface area contributed by atoms with Crippen LogP contribution in [0.4, 0.5) is 10.5 Å². The van der Waals surface area contributed by atoms with Gasteiger partial charge in [0.25, 0.3) is 0 Å². The zero-order chi connectivity index (χ0) is 23.7. The molecular weight excluding hydrogens is 432 g/mol. The maximum atomic E-state index is 12.6. The summed E-state index contributed by atoms with van der Waals surface area (Å²) in [5, 5.41) is 19.8. The molecule has 0 unspecified atom stereocenters. The van der Waals surface area contributed by atoms with Gasteiger partial charge in [0.15, 0.2) is 5.69 Å². The molecule has 170 valence electrons. The van der Waals surface area contributed by atoms with Crippen molar-refractivity contribution < 1.29 is 19.4 Å². The second-order valence-electron chi connectivity index (χ2n) is 7.96. The Morgan fingerprint density at radius 1 is 1.00 bits per heavy atom. The maximum Gasteiger partial charge on any atom is 0.411 e. The third-order valence-corrected chi connectivity index (χ3v) is 5.98. The Balaban J connectivity index is 1.31. The van der Waals surface area contributed by atoms with E-state index in [0.29, 0.717) is 23.5 Å². The molecular formula is C26H22N4O4. The number of aromatic carboxylic acids is 1. The van der Waals surface area contributed by atoms with Gasteiger partial charge in [0, 0.05) is 11.6 Å². The summed E-state index contributed by atoms with van der Waals surface area (Å²) < 4.78 is 7.07. The third-order valence-electron chi connectivity index (χ3n) is 5.98. The molecule has 4 aromatic rings. The van der Waals surface area contributed by atoms with Crippen LogP contribution in [-0.4, -0.2) is 38.8 Å². The fourth-order valence-electron chi connectivity index (χ4n) is 4.46. The molecule has 2 N–H and O–H groups in total. The van der Waals surface area contributed by atoms with Gasteiger partial charge in [-0.2, -0.15) is 0 Å². The lowest BCUT2D eigenvalue weighted by Crippen LogP contribution is -2.18. The number of amides is 1. The van der Waals surface area contributed by atoms with Crippen LogP contribution in [0.1, 0.15) is 40.2 Å². The molecule has 0 atom stereocenters. The molecule has 1 aliphatic carbocycles. The summed E-state index contributed by atoms with van der Waals surface area (Å²) in [6, 6.07) is 23.3. The number of carbonyl (C=O) groups excluding carboxylic acids is 1. The number of fused-ring (bicyclic) bond motifs is 3. The van der Waals surface area contributed by atoms with Crippen LogP contribution in [0, 0.1) is 0 Å². The minimum atomic E-state index is -1.13. The number of nitrogens with one attached hydrogen (secondary N) is 1. The van der Waals surface area contributed by atoms with Gasteiger partial charge in [-0.1, -0.05) is 66.7 Å². The molecule has 8 nitrogen and oxygen atoms in total. The minimum Gasteiger partial charge on any atom is -0.476 e. The number of carboxylic acids is 1. The fourth-order valence-corrected chi connectivity index (χ4v) is 4.46. The molecule has 1 aromatic heterocycles. The summed E-state index contributed by atoms with van der Waals surface area (Å²) in [6.07, 6.45) is -0.127. The molecule has 3 aromatic carbocycles. The minimum absolute atomic E-state index is 0.0267. The van der Waals surface area contributed by atoms with Gasteiger partial charge in [-0.15, -0.1) is 5.10 Å². The summed E-state index contributed by atoms with van der Waals surface area (Å²) in [4.78, 5) is 24.0. The number of aromatic nitrogens is 3. The monoisotopic (exact) mass is 454 g/mol. The van der Waals surface area contributed by atoms with Crippen molar-refractivity contribution in [1.29, 1.82) is 0 Å². The molecule has 0 bridgehead atoms. The number of carbonyl (C=O) groups is 2. The van der Waals surface area contributed by atoms with E-state index in [-0.39, 0.29) is 18.2 Å². The highest BCUT2D eigenvalue weighted by Gasteiger charge is 2.29. The lowest BCUT2D eigenvalue weighted by molar-refractivity contribution is 0.0689. The maximum absolute atomic E-state index is 12.6. The molecule has 0 fully saturated rings. The largest absolute Gasteiger partial charge is 0.476 e. The van der Waals surface area contributed by atoms with E-state index in [1.807, 2.05) is 31.2 Å². The molecule has 8 heteroatoms. The summed E-state index contributed by atoms with van der Waals surface area (Å²) >= 11 is 0. The molecule has 1 aliphatic rings. The Labute approximate surface area is 195 Å². The zero-order valence-corrected chi connectivity index (χ0v) is 18.4. The van der Waals surface area contributed by atoms with Crippen molar-refractivity contribution in [2.75, 3.05) is 11.9 Å². The summed E-state index contributed by atoms with van der Waals surface area (Å²) in [7, 11) is 0. The predicted molar refractivity (Wildman–Crippen MR) is 126 cm³/mol. The Morgan fingerprint density at radius 2 is 1.68 bits per heavy atom. The number of benzene rings is 3. The Morgan fingerprint density at radius 3 is 2.32 bits per heavy atom. The van der Waals surface area contributed by atoms with Crippen LogP contribution in [-0.2, 0) is 11.2 Å². The van der Waals surface area contributed by atoms with Crippen molar-refractivity contribution in [2.45, 2.75) is 19.3 Å². The standard InChI is InChI=1S/C26H22N4O4/c1-2-23-24(25(31)32)28-29-30(23)17-9-7-8-16(14-17)27-26(33)34-15-22-20-12-5-3-10-18(20)19-11-4-6-13-21(19)22/h3-14,22H,2,15H2,1H3,(H,27,33)(H,31,32). The second kappa shape index (κ2) is 8.82. The van der Waals surface area contributed by atoms with Gasteiger partial charge in [0.1, 0.15) is 6.61 Å². The van der Waals surface area contributed by atoms with Crippen molar-refractivity contribution in [2.24, 2.45) is 0 Å². The first-order chi connectivity index (χ1) is 16.6. The third kappa shape index (κ3) is 3.79. The van der Waals surface area contributed by atoms with Gasteiger partial charge < -0.3 is 9.84 Å². The smallest absolute Gasteiger partial charge is 0.411 e. The van der Waals surface area contributed by atoms with Crippen molar-refractivity contribution in [3.8, 4) is 16.8 Å². The SMILES string of the molecule is CCc1c(C(=O)O)nnn1-c1cccc(NC(=O)OCC2c3ccccc3-c3ccccc32)c1. The number of nitrogens with zero attached hydrogens (tertiary/aromatic N) is 3. The van der Waals surface area contributed by atoms with E-state index in [9.17, 15) is 14.7 Å². The van der Waals surface area contributed by atoms with Crippen LogP contribution in [0.5, 0.6) is 0 Å². The fraction of sp³-hybridized carbons (Fsp3) is 0.154. The van der Waals surface area contributed by atoms with E-state index in [1.54, 1.807) is 24.3 Å². The predicted octanol–water partition coefficient (Wildman–Crippen LogP) is 4.89. The quantitative estimate of drug-likeness (QED) is 0.430. The first-order valence-corrected chi connectivity index (χ1v) is 11.0. The highest BCUT2D eigenvalue weighted by molar-refractivity contribution is 5.87. The number of carboxylic acid groups (broad SMARTS) is 1. The van der Waals surface area contributed by atoms with Crippen LogP contribution in [0.15, 0.2) is 72.8 Å². The lowest BCUT2D eigenvalue weighted by Gasteiger charge is -2.15. The Kier molecular flexibility index (Phi) is 5.55. The van der Waals surface area contributed by atoms with Crippen LogP contribution in [0.3, 0.4) is 0 Å². The van der Waals surface area contributed by atoms with Crippen molar-refractivity contribution >= 4 is 17.7 Å². The van der Waals surface area contributed by atoms with E-state index in [0.717, 1.165) is 11.1 Å². The van der Waals surface area contributed by atoms with Crippen molar-refractivity contribution in [3.05, 3.63) is 95.3 Å². The number of hydrogen-bond acceptors (Lipinski definition) is 5. The van der Waals surface area contributed by atoms with Gasteiger partial charge in [0.2, 0.25) is 0 Å². The zero-order valence-electron chi connectivity index (χ0n) is 18.4. The first-order valence-electron chi connectivity index (χ1n) is 11.0. The lowest BCUT2D eigenvalue weighted by atomic mass is 9.98. The van der Waals surface area contributed by atoms with Gasteiger partial charge >= 0.3 is 12.1 Å². The van der Waals surface area contributed by atoms with Crippen LogP contribution in [0.2, 0.25) is 0 Å². The highest BCUT2D eigenvalue weighted by Crippen LogP contribution is 2.44. The van der Waals surface area contributed by atoms with E-state index in [1.165, 1.54) is 15.8 Å². The van der Waals surface area contributed by atoms with E-state index >= 15 is 0 Å². The van der Waals surface area contributed by atoms with Crippen molar-refractivity contribution in [3.63, 3.8) is 0 Å². The van der Waals surface area contributed by atoms with Gasteiger partial charge in [0.05, 0.1) is 11.4 Å². The summed E-state index contributed by atoms with van der Waals surface area (Å²) in [5.74, 6) is -1.16. The number of ether oxygens (including phenoxy) is 1. The molecule has 0 saturated carbocycles. The van der Waals surface area contributed by atoms with Gasteiger partial charge in [-0.25, -0.2) is 14.3 Å². The number of rotatable bonds is 6. The molecule has 0 aliphatic heterocycles. The topological polar surface area (TPSA) is 106 Å². The van der Waals surface area contributed by atoms with Crippen molar-refractivity contribution in [1.82, 2.24) is 15.0 Å². The molecule has 1 amide bonds.